The summed E-state index contributed by atoms with van der Waals surface area (Å²) in [5, 5.41) is 0. The predicted molar refractivity (Wildman–Crippen MR) is 37.6 cm³/mol. The van der Waals surface area contributed by atoms with Gasteiger partial charge < -0.3 is 11.5 Å². The fourth-order valence-electron chi connectivity index (χ4n) is 0.134. The molecule has 4 N–H and O–H groups in total. The van der Waals surface area contributed by atoms with Gasteiger partial charge in [-0.05, 0) is 0 Å². The van der Waals surface area contributed by atoms with Crippen LogP contribution in [0.2, 0.25) is 0 Å². The van der Waals surface area contributed by atoms with E-state index >= 15 is 0 Å². The highest BCUT2D eigenvalue weighted by Gasteiger charge is 2.35. The molecule has 0 aromatic carbocycles. The molecule has 0 saturated heterocycles. The quantitative estimate of drug-likeness (QED) is 0.655. The predicted octanol–water partition coefficient (Wildman–Crippen LogP) is 0.678. The van der Waals surface area contributed by atoms with Crippen LogP contribution in [0.3, 0.4) is 0 Å². The summed E-state index contributed by atoms with van der Waals surface area (Å²) in [4.78, 5) is 0. The lowest BCUT2D eigenvalue weighted by atomic mass is 10.3. The van der Waals surface area contributed by atoms with Gasteiger partial charge >= 0.3 is 6.18 Å². The molecule has 1 atom stereocenters. The smallest absolute Gasteiger partial charge is 0.329 e. The Hall–Kier alpha value is 0.290. The Bertz CT molecular complexity index is 76.6. The fourth-order valence-corrected chi connectivity index (χ4v) is 0.134. The highest BCUT2D eigenvalue weighted by Crippen LogP contribution is 2.16. The summed E-state index contributed by atoms with van der Waals surface area (Å²) in [5.74, 6) is 0. The van der Waals surface area contributed by atoms with E-state index in [9.17, 15) is 13.2 Å². The Balaban J connectivity index is -0.000000245. The van der Waals surface area contributed by atoms with Gasteiger partial charge in [-0.15, -0.1) is 24.8 Å². The Labute approximate surface area is 69.0 Å². The van der Waals surface area contributed by atoms with Crippen molar-refractivity contribution in [2.45, 2.75) is 12.2 Å². The van der Waals surface area contributed by atoms with Gasteiger partial charge in [-0.3, -0.25) is 0 Å². The van der Waals surface area contributed by atoms with Crippen molar-refractivity contribution in [2.24, 2.45) is 11.5 Å². The molecule has 0 aliphatic carbocycles. The molecule has 0 bridgehead atoms. The van der Waals surface area contributed by atoms with Gasteiger partial charge in [0.1, 0.15) is 6.04 Å². The third kappa shape index (κ3) is 6.41. The lowest BCUT2D eigenvalue weighted by Crippen LogP contribution is -2.43. The van der Waals surface area contributed by atoms with E-state index in [1.807, 2.05) is 0 Å². The zero-order chi connectivity index (χ0) is 6.78. The fraction of sp³-hybridized carbons (Fsp3) is 1.00. The van der Waals surface area contributed by atoms with Crippen molar-refractivity contribution in [3.05, 3.63) is 0 Å². The van der Waals surface area contributed by atoms with E-state index in [-0.39, 0.29) is 24.8 Å². The molecule has 0 saturated carbocycles. The van der Waals surface area contributed by atoms with Crippen molar-refractivity contribution in [1.82, 2.24) is 0 Å². The molecule has 0 fully saturated rings. The Morgan fingerprint density at radius 3 is 1.50 bits per heavy atom. The van der Waals surface area contributed by atoms with Gasteiger partial charge in [0, 0.05) is 6.54 Å². The topological polar surface area (TPSA) is 52.0 Å². The van der Waals surface area contributed by atoms with Gasteiger partial charge in [0.25, 0.3) is 0 Å². The maximum Gasteiger partial charge on any atom is 0.404 e. The number of hydrogen-bond acceptors (Lipinski definition) is 2. The average molecular weight is 201 g/mol. The van der Waals surface area contributed by atoms with E-state index < -0.39 is 18.8 Å². The maximum atomic E-state index is 11.2. The van der Waals surface area contributed by atoms with Gasteiger partial charge in [0.15, 0.2) is 0 Å². The van der Waals surface area contributed by atoms with Crippen LogP contribution in [0.1, 0.15) is 0 Å². The van der Waals surface area contributed by atoms with Crippen LogP contribution in [0.25, 0.3) is 0 Å². The molecule has 66 valence electrons. The third-order valence-corrected chi connectivity index (χ3v) is 0.674. The summed E-state index contributed by atoms with van der Waals surface area (Å²) in [6, 6.07) is -1.87. The highest BCUT2D eigenvalue weighted by atomic mass is 35.5. The molecule has 0 aromatic rings. The summed E-state index contributed by atoms with van der Waals surface area (Å²) >= 11 is 0. The molecular weight excluding hydrogens is 192 g/mol. The van der Waals surface area contributed by atoms with Gasteiger partial charge in [-0.2, -0.15) is 13.2 Å². The molecule has 0 spiro atoms. The second-order valence-corrected chi connectivity index (χ2v) is 1.38. The normalized spacial score (nSPS) is 12.9. The number of rotatable bonds is 1. The molecule has 0 aliphatic rings. The lowest BCUT2D eigenvalue weighted by molar-refractivity contribution is -0.145. The second kappa shape index (κ2) is 6.03. The Morgan fingerprint density at radius 1 is 1.20 bits per heavy atom. The first-order valence-electron chi connectivity index (χ1n) is 2.01. The molecule has 0 aliphatic heterocycles. The van der Waals surface area contributed by atoms with Crippen molar-refractivity contribution < 1.29 is 13.2 Å². The minimum absolute atomic E-state index is 0. The molecule has 7 heteroatoms. The van der Waals surface area contributed by atoms with Crippen molar-refractivity contribution in [3.63, 3.8) is 0 Å². The average Bonchev–Trinajstić information content (AvgIpc) is 1.62. The molecule has 0 heterocycles. The highest BCUT2D eigenvalue weighted by molar-refractivity contribution is 5.85. The third-order valence-electron chi connectivity index (χ3n) is 0.674. The molecule has 0 aromatic heterocycles. The van der Waals surface area contributed by atoms with Gasteiger partial charge in [0.05, 0.1) is 0 Å². The molecule has 10 heavy (non-hydrogen) atoms. The first-order valence-corrected chi connectivity index (χ1v) is 2.01. The van der Waals surface area contributed by atoms with E-state index in [2.05, 4.69) is 11.5 Å². The van der Waals surface area contributed by atoms with Crippen molar-refractivity contribution in [3.8, 4) is 0 Å². The Kier molecular flexibility index (Phi) is 10.1. The Morgan fingerprint density at radius 2 is 1.50 bits per heavy atom. The van der Waals surface area contributed by atoms with E-state index in [4.69, 9.17) is 0 Å². The first-order chi connectivity index (χ1) is 3.48. The van der Waals surface area contributed by atoms with Crippen molar-refractivity contribution in [1.29, 1.82) is 0 Å². The van der Waals surface area contributed by atoms with Gasteiger partial charge in [-0.1, -0.05) is 0 Å². The SMILES string of the molecule is Cl.Cl.NC[C@@H](N)C(F)(F)F. The van der Waals surface area contributed by atoms with Crippen LogP contribution in [0.15, 0.2) is 0 Å². The van der Waals surface area contributed by atoms with Gasteiger partial charge in [0.2, 0.25) is 0 Å². The molecule has 0 radical (unpaired) electrons. The van der Waals surface area contributed by atoms with E-state index in [0.29, 0.717) is 0 Å². The van der Waals surface area contributed by atoms with E-state index in [0.717, 1.165) is 0 Å². The van der Waals surface area contributed by atoms with Crippen LogP contribution in [-0.4, -0.2) is 18.8 Å². The maximum absolute atomic E-state index is 11.2. The largest absolute Gasteiger partial charge is 0.404 e. The molecular formula is C3H9Cl2F3N2. The standard InChI is InChI=1S/C3H7F3N2.2ClH/c4-3(5,6)2(8)1-7;;/h2H,1,7-8H2;2*1H/t2-;;/m1../s1. The van der Waals surface area contributed by atoms with E-state index in [1.54, 1.807) is 0 Å². The first kappa shape index (κ1) is 16.7. The summed E-state index contributed by atoms with van der Waals surface area (Å²) in [7, 11) is 0. The molecule has 2 nitrogen and oxygen atoms in total. The zero-order valence-corrected chi connectivity index (χ0v) is 6.52. The van der Waals surface area contributed by atoms with Crippen LogP contribution in [0.5, 0.6) is 0 Å². The minimum Gasteiger partial charge on any atom is -0.329 e. The zero-order valence-electron chi connectivity index (χ0n) is 4.89. The summed E-state index contributed by atoms with van der Waals surface area (Å²) in [5.41, 5.74) is 9.11. The summed E-state index contributed by atoms with van der Waals surface area (Å²) in [6.07, 6.45) is -4.34. The van der Waals surface area contributed by atoms with Crippen LogP contribution in [-0.2, 0) is 0 Å². The summed E-state index contributed by atoms with van der Waals surface area (Å²) < 4.78 is 33.7. The van der Waals surface area contributed by atoms with E-state index in [1.165, 1.54) is 0 Å². The van der Waals surface area contributed by atoms with Crippen LogP contribution < -0.4 is 11.5 Å². The lowest BCUT2D eigenvalue weighted by Gasteiger charge is -2.11. The van der Waals surface area contributed by atoms with Gasteiger partial charge in [-0.25, -0.2) is 0 Å². The minimum atomic E-state index is -4.34. The molecule has 0 amide bonds. The summed E-state index contributed by atoms with van der Waals surface area (Å²) in [6.45, 7) is -0.552. The van der Waals surface area contributed by atoms with Crippen LogP contribution in [0, 0.1) is 0 Å². The number of halogens is 5. The van der Waals surface area contributed by atoms with Crippen LogP contribution >= 0.6 is 24.8 Å². The second-order valence-electron chi connectivity index (χ2n) is 1.38. The number of hydrogen-bond donors (Lipinski definition) is 2. The molecule has 0 unspecified atom stereocenters. The van der Waals surface area contributed by atoms with Crippen LogP contribution in [0.4, 0.5) is 13.2 Å². The van der Waals surface area contributed by atoms with Crippen molar-refractivity contribution >= 4 is 24.8 Å². The monoisotopic (exact) mass is 200 g/mol. The number of nitrogens with two attached hydrogens (primary N) is 2. The van der Waals surface area contributed by atoms with Crippen molar-refractivity contribution in [2.75, 3.05) is 6.54 Å². The molecule has 0 rings (SSSR count). The number of alkyl halides is 3.